The van der Waals surface area contributed by atoms with E-state index in [9.17, 15) is 14.4 Å². The van der Waals surface area contributed by atoms with Crippen molar-refractivity contribution in [1.29, 1.82) is 0 Å². The molecule has 4 aromatic carbocycles. The molecular formula is C38H34ClN3O4S2. The molecule has 2 heterocycles. The Morgan fingerprint density at radius 2 is 1.62 bits per heavy atom. The van der Waals surface area contributed by atoms with Crippen LogP contribution in [0.5, 0.6) is 0 Å². The third-order valence-corrected chi connectivity index (χ3v) is 10.6. The molecule has 1 aromatic heterocycles. The molecule has 1 aliphatic rings. The van der Waals surface area contributed by atoms with Crippen LogP contribution < -0.4 is 10.6 Å². The summed E-state index contributed by atoms with van der Waals surface area (Å²) in [6, 6.07) is 34.5. The van der Waals surface area contributed by atoms with Crippen LogP contribution in [0.1, 0.15) is 42.7 Å². The Morgan fingerprint density at radius 3 is 2.35 bits per heavy atom. The van der Waals surface area contributed by atoms with Gasteiger partial charge in [-0.15, -0.1) is 23.1 Å². The van der Waals surface area contributed by atoms with Crippen LogP contribution in [0.25, 0.3) is 0 Å². The molecule has 0 spiro atoms. The van der Waals surface area contributed by atoms with E-state index in [1.165, 1.54) is 35.8 Å². The number of methoxy groups -OCH3 is 1. The number of nitrogens with one attached hydrogen (secondary N) is 2. The number of carbonyl (C=O) groups excluding carboxylic acids is 3. The molecule has 0 saturated carbocycles. The van der Waals surface area contributed by atoms with Crippen LogP contribution in [-0.4, -0.2) is 36.3 Å². The molecule has 48 heavy (non-hydrogen) atoms. The maximum atomic E-state index is 14.1. The molecule has 7 nitrogen and oxygen atoms in total. The zero-order valence-corrected chi connectivity index (χ0v) is 28.7. The number of thioether (sulfide) groups is 1. The van der Waals surface area contributed by atoms with E-state index >= 15 is 0 Å². The number of hydrogen-bond donors (Lipinski definition) is 2. The number of anilines is 2. The smallest absolute Gasteiger partial charge is 0.341 e. The quantitative estimate of drug-likeness (QED) is 0.107. The molecule has 1 aliphatic heterocycles. The number of halogens is 1. The standard InChI is InChI=1S/C38H34ClN3O4S2/c1-46-38(45)34-31-19-20-42(23-26-9-4-2-5-10-26)24-32(31)48-37(34)41-36(44)35(27-11-6-3-7-12-27)47-30-14-8-13-29(22-30)40-33(43)21-25-15-17-28(39)18-16-25/h2-18,22,35H,19-21,23-24H2,1H3,(H,40,43)(H,41,44). The van der Waals surface area contributed by atoms with E-state index < -0.39 is 11.2 Å². The Bertz CT molecular complexity index is 1900. The van der Waals surface area contributed by atoms with Crippen molar-refractivity contribution in [3.05, 3.63) is 147 Å². The highest BCUT2D eigenvalue weighted by Crippen LogP contribution is 2.41. The molecule has 2 amide bonds. The normalized spacial score (nSPS) is 13.3. The number of fused-ring (bicyclic) bond motifs is 1. The summed E-state index contributed by atoms with van der Waals surface area (Å²) in [5.41, 5.74) is 4.91. The second-order valence-electron chi connectivity index (χ2n) is 11.4. The predicted molar refractivity (Wildman–Crippen MR) is 194 cm³/mol. The molecule has 10 heteroatoms. The maximum Gasteiger partial charge on any atom is 0.341 e. The Balaban J connectivity index is 1.21. The molecule has 6 rings (SSSR count). The molecule has 0 radical (unpaired) electrons. The molecule has 1 unspecified atom stereocenters. The first kappa shape index (κ1) is 33.5. The topological polar surface area (TPSA) is 87.7 Å². The number of amides is 2. The average molecular weight is 696 g/mol. The van der Waals surface area contributed by atoms with E-state index in [-0.39, 0.29) is 18.2 Å². The summed E-state index contributed by atoms with van der Waals surface area (Å²) in [5, 5.41) is 6.55. The Labute approximate surface area is 293 Å². The number of hydrogen-bond acceptors (Lipinski definition) is 7. The van der Waals surface area contributed by atoms with E-state index in [1.54, 1.807) is 12.1 Å². The van der Waals surface area contributed by atoms with Gasteiger partial charge in [-0.1, -0.05) is 90.5 Å². The third-order valence-electron chi connectivity index (χ3n) is 8.00. The maximum absolute atomic E-state index is 14.1. The number of esters is 1. The van der Waals surface area contributed by atoms with Gasteiger partial charge in [-0.05, 0) is 59.0 Å². The highest BCUT2D eigenvalue weighted by atomic mass is 35.5. The van der Waals surface area contributed by atoms with Gasteiger partial charge in [0, 0.05) is 40.1 Å². The van der Waals surface area contributed by atoms with Gasteiger partial charge in [-0.25, -0.2) is 4.79 Å². The Kier molecular flexibility index (Phi) is 10.9. The zero-order valence-electron chi connectivity index (χ0n) is 26.3. The minimum absolute atomic E-state index is 0.156. The molecular weight excluding hydrogens is 662 g/mol. The summed E-state index contributed by atoms with van der Waals surface area (Å²) in [7, 11) is 1.37. The zero-order chi connectivity index (χ0) is 33.5. The van der Waals surface area contributed by atoms with Gasteiger partial charge in [0.2, 0.25) is 11.8 Å². The molecule has 5 aromatic rings. The Morgan fingerprint density at radius 1 is 0.896 bits per heavy atom. The summed E-state index contributed by atoms with van der Waals surface area (Å²) in [6.45, 7) is 2.29. The van der Waals surface area contributed by atoms with Crippen LogP contribution >= 0.6 is 34.7 Å². The van der Waals surface area contributed by atoms with Crippen molar-refractivity contribution >= 4 is 63.2 Å². The van der Waals surface area contributed by atoms with Gasteiger partial charge in [0.05, 0.1) is 19.1 Å². The van der Waals surface area contributed by atoms with Gasteiger partial charge in [-0.3, -0.25) is 14.5 Å². The van der Waals surface area contributed by atoms with Crippen LogP contribution in [-0.2, 0) is 40.3 Å². The fourth-order valence-corrected chi connectivity index (χ4v) is 8.18. The van der Waals surface area contributed by atoms with Crippen molar-refractivity contribution in [2.45, 2.75) is 36.1 Å². The molecule has 0 fully saturated rings. The van der Waals surface area contributed by atoms with Crippen LogP contribution in [0.3, 0.4) is 0 Å². The number of rotatable bonds is 11. The summed E-state index contributed by atoms with van der Waals surface area (Å²) in [4.78, 5) is 44.2. The van der Waals surface area contributed by atoms with Crippen molar-refractivity contribution in [3.8, 4) is 0 Å². The summed E-state index contributed by atoms with van der Waals surface area (Å²) in [5.74, 6) is -0.866. The summed E-state index contributed by atoms with van der Waals surface area (Å²) < 4.78 is 5.19. The molecule has 0 saturated heterocycles. The van der Waals surface area contributed by atoms with Gasteiger partial charge in [0.1, 0.15) is 10.3 Å². The minimum atomic E-state index is -0.634. The van der Waals surface area contributed by atoms with Crippen molar-refractivity contribution in [2.75, 3.05) is 24.3 Å². The molecule has 0 aliphatic carbocycles. The SMILES string of the molecule is COC(=O)c1c(NC(=O)C(Sc2cccc(NC(=O)Cc3ccc(Cl)cc3)c2)c2ccccc2)sc2c1CCN(Cc1ccccc1)C2. The lowest BCUT2D eigenvalue weighted by molar-refractivity contribution is -0.116. The number of benzene rings is 4. The van der Waals surface area contributed by atoms with Crippen molar-refractivity contribution < 1.29 is 19.1 Å². The highest BCUT2D eigenvalue weighted by Gasteiger charge is 2.31. The minimum Gasteiger partial charge on any atom is -0.465 e. The van der Waals surface area contributed by atoms with Crippen molar-refractivity contribution in [1.82, 2.24) is 4.90 Å². The van der Waals surface area contributed by atoms with Gasteiger partial charge < -0.3 is 15.4 Å². The van der Waals surface area contributed by atoms with Crippen molar-refractivity contribution in [2.24, 2.45) is 0 Å². The number of thiophene rings is 1. The summed E-state index contributed by atoms with van der Waals surface area (Å²) in [6.07, 6.45) is 0.896. The first-order valence-electron chi connectivity index (χ1n) is 15.5. The third kappa shape index (κ3) is 8.35. The molecule has 244 valence electrons. The van der Waals surface area contributed by atoms with Gasteiger partial charge in [0.25, 0.3) is 0 Å². The second-order valence-corrected chi connectivity index (χ2v) is 14.1. The first-order valence-corrected chi connectivity index (χ1v) is 17.6. The van der Waals surface area contributed by atoms with E-state index in [1.807, 2.05) is 84.9 Å². The number of nitrogens with zero attached hydrogens (tertiary/aromatic N) is 1. The molecule has 1 atom stereocenters. The number of carbonyl (C=O) groups is 3. The van der Waals surface area contributed by atoms with Crippen LogP contribution in [0, 0.1) is 0 Å². The van der Waals surface area contributed by atoms with Crippen molar-refractivity contribution in [3.63, 3.8) is 0 Å². The fraction of sp³-hybridized carbons (Fsp3) is 0.184. The number of ether oxygens (including phenoxy) is 1. The van der Waals surface area contributed by atoms with Gasteiger partial charge in [0.15, 0.2) is 0 Å². The van der Waals surface area contributed by atoms with Crippen LogP contribution in [0.4, 0.5) is 10.7 Å². The monoisotopic (exact) mass is 695 g/mol. The van der Waals surface area contributed by atoms with E-state index in [4.69, 9.17) is 16.3 Å². The largest absolute Gasteiger partial charge is 0.465 e. The highest BCUT2D eigenvalue weighted by molar-refractivity contribution is 8.00. The van der Waals surface area contributed by atoms with Crippen LogP contribution in [0.15, 0.2) is 114 Å². The molecule has 0 bridgehead atoms. The van der Waals surface area contributed by atoms with E-state index in [0.29, 0.717) is 34.2 Å². The van der Waals surface area contributed by atoms with Crippen LogP contribution in [0.2, 0.25) is 5.02 Å². The lowest BCUT2D eigenvalue weighted by Crippen LogP contribution is -2.29. The van der Waals surface area contributed by atoms with Gasteiger partial charge in [-0.2, -0.15) is 0 Å². The van der Waals surface area contributed by atoms with E-state index in [0.717, 1.165) is 39.6 Å². The lowest BCUT2D eigenvalue weighted by atomic mass is 10.0. The molecule has 2 N–H and O–H groups in total. The Hall–Kier alpha value is -4.41. The summed E-state index contributed by atoms with van der Waals surface area (Å²) >= 11 is 8.79. The fourth-order valence-electron chi connectivity index (χ4n) is 5.69. The lowest BCUT2D eigenvalue weighted by Gasteiger charge is -2.27. The second kappa shape index (κ2) is 15.7. The average Bonchev–Trinajstić information content (AvgIpc) is 3.45. The first-order chi connectivity index (χ1) is 23.4. The predicted octanol–water partition coefficient (Wildman–Crippen LogP) is 8.40. The van der Waals surface area contributed by atoms with E-state index in [2.05, 4.69) is 27.7 Å². The van der Waals surface area contributed by atoms with Gasteiger partial charge >= 0.3 is 5.97 Å².